The van der Waals surface area contributed by atoms with Gasteiger partial charge >= 0.3 is 5.63 Å². The lowest BCUT2D eigenvalue weighted by molar-refractivity contribution is 0.428. The molecule has 24 heavy (non-hydrogen) atoms. The second kappa shape index (κ2) is 7.35. The normalized spacial score (nSPS) is 12.2. The average molecular weight is 322 g/mol. The largest absolute Gasteiger partial charge is 0.469 e. The molecule has 0 aliphatic rings. The molecule has 0 amide bonds. The highest BCUT2D eigenvalue weighted by Gasteiger charge is 2.22. The lowest BCUT2D eigenvalue weighted by Crippen LogP contribution is -2.12. The third-order valence-corrected chi connectivity index (χ3v) is 4.41. The van der Waals surface area contributed by atoms with Crippen molar-refractivity contribution in [3.05, 3.63) is 93.4 Å². The first-order valence-corrected chi connectivity index (χ1v) is 8.40. The Kier molecular flexibility index (Phi) is 4.99. The van der Waals surface area contributed by atoms with Crippen LogP contribution < -0.4 is 5.63 Å². The summed E-state index contributed by atoms with van der Waals surface area (Å²) in [6.45, 7) is 4.10. The van der Waals surface area contributed by atoms with E-state index in [9.17, 15) is 4.79 Å². The van der Waals surface area contributed by atoms with Gasteiger partial charge in [-0.05, 0) is 43.0 Å². The van der Waals surface area contributed by atoms with E-state index in [4.69, 9.17) is 8.83 Å². The molecule has 124 valence electrons. The van der Waals surface area contributed by atoms with Crippen LogP contribution in [0.4, 0.5) is 0 Å². The highest BCUT2D eigenvalue weighted by atomic mass is 16.4. The smallest absolute Gasteiger partial charge is 0.336 e. The van der Waals surface area contributed by atoms with E-state index >= 15 is 0 Å². The predicted molar refractivity (Wildman–Crippen MR) is 94.4 cm³/mol. The molecule has 0 saturated carbocycles. The summed E-state index contributed by atoms with van der Waals surface area (Å²) in [6, 6.07) is 15.7. The minimum atomic E-state index is -0.284. The highest BCUT2D eigenvalue weighted by molar-refractivity contribution is 5.36. The van der Waals surface area contributed by atoms with Crippen molar-refractivity contribution < 1.29 is 8.83 Å². The maximum absolute atomic E-state index is 11.9. The SMILES string of the molecule is CCC(c1ccco1)c1c(C)cc(=O)oc1CCc1ccccc1. The molecule has 1 aromatic carbocycles. The quantitative estimate of drug-likeness (QED) is 0.650. The molecule has 0 spiro atoms. The van der Waals surface area contributed by atoms with Gasteiger partial charge < -0.3 is 8.83 Å². The summed E-state index contributed by atoms with van der Waals surface area (Å²) in [6.07, 6.45) is 4.12. The Bertz CT molecular complexity index is 829. The van der Waals surface area contributed by atoms with Gasteiger partial charge in [0.2, 0.25) is 0 Å². The lowest BCUT2D eigenvalue weighted by Gasteiger charge is -2.18. The van der Waals surface area contributed by atoms with Crippen molar-refractivity contribution in [3.8, 4) is 0 Å². The predicted octanol–water partition coefficient (Wildman–Crippen LogP) is 4.87. The van der Waals surface area contributed by atoms with E-state index in [1.54, 1.807) is 12.3 Å². The van der Waals surface area contributed by atoms with Crippen LogP contribution in [-0.2, 0) is 12.8 Å². The van der Waals surface area contributed by atoms with Crippen molar-refractivity contribution in [2.24, 2.45) is 0 Å². The second-order valence-electron chi connectivity index (χ2n) is 6.05. The lowest BCUT2D eigenvalue weighted by atomic mass is 9.88. The monoisotopic (exact) mass is 322 g/mol. The topological polar surface area (TPSA) is 43.4 Å². The molecular weight excluding hydrogens is 300 g/mol. The molecule has 1 atom stereocenters. The number of hydrogen-bond acceptors (Lipinski definition) is 3. The van der Waals surface area contributed by atoms with Gasteiger partial charge in [-0.3, -0.25) is 0 Å². The van der Waals surface area contributed by atoms with E-state index in [-0.39, 0.29) is 11.5 Å². The first-order valence-electron chi connectivity index (χ1n) is 8.40. The van der Waals surface area contributed by atoms with Crippen LogP contribution in [-0.4, -0.2) is 0 Å². The van der Waals surface area contributed by atoms with Crippen molar-refractivity contribution in [1.82, 2.24) is 0 Å². The molecule has 3 rings (SSSR count). The summed E-state index contributed by atoms with van der Waals surface area (Å²) in [4.78, 5) is 11.9. The molecule has 0 fully saturated rings. The molecule has 3 heteroatoms. The summed E-state index contributed by atoms with van der Waals surface area (Å²) in [7, 11) is 0. The fourth-order valence-corrected chi connectivity index (χ4v) is 3.27. The van der Waals surface area contributed by atoms with Gasteiger partial charge in [-0.15, -0.1) is 0 Å². The van der Waals surface area contributed by atoms with Gasteiger partial charge in [-0.25, -0.2) is 4.79 Å². The van der Waals surface area contributed by atoms with Crippen molar-refractivity contribution in [2.45, 2.75) is 39.0 Å². The number of benzene rings is 1. The molecular formula is C21H22O3. The molecule has 1 unspecified atom stereocenters. The van der Waals surface area contributed by atoms with Gasteiger partial charge in [0.25, 0.3) is 0 Å². The van der Waals surface area contributed by atoms with Crippen molar-refractivity contribution in [1.29, 1.82) is 0 Å². The van der Waals surface area contributed by atoms with Crippen LogP contribution in [0, 0.1) is 6.92 Å². The summed E-state index contributed by atoms with van der Waals surface area (Å²) in [5.74, 6) is 1.79. The van der Waals surface area contributed by atoms with E-state index in [2.05, 4.69) is 19.1 Å². The minimum absolute atomic E-state index is 0.107. The van der Waals surface area contributed by atoms with E-state index < -0.39 is 0 Å². The maximum atomic E-state index is 11.9. The molecule has 3 aromatic rings. The molecule has 0 bridgehead atoms. The fraction of sp³-hybridized carbons (Fsp3) is 0.286. The van der Waals surface area contributed by atoms with Gasteiger partial charge in [0, 0.05) is 24.0 Å². The Hall–Kier alpha value is -2.55. The minimum Gasteiger partial charge on any atom is -0.469 e. The fourth-order valence-electron chi connectivity index (χ4n) is 3.27. The third-order valence-electron chi connectivity index (χ3n) is 4.41. The van der Waals surface area contributed by atoms with Crippen LogP contribution in [0.25, 0.3) is 0 Å². The molecule has 2 heterocycles. The number of rotatable bonds is 6. The Labute approximate surface area is 141 Å². The molecule has 2 aromatic heterocycles. The molecule has 0 N–H and O–H groups in total. The zero-order valence-electron chi connectivity index (χ0n) is 14.1. The molecule has 0 aliphatic carbocycles. The maximum Gasteiger partial charge on any atom is 0.336 e. The molecule has 0 aliphatic heterocycles. The van der Waals surface area contributed by atoms with Crippen LogP contribution in [0.5, 0.6) is 0 Å². The molecule has 0 saturated heterocycles. The third kappa shape index (κ3) is 3.51. The van der Waals surface area contributed by atoms with Crippen LogP contribution in [0.15, 0.2) is 68.4 Å². The van der Waals surface area contributed by atoms with Crippen molar-refractivity contribution in [3.63, 3.8) is 0 Å². The van der Waals surface area contributed by atoms with Crippen LogP contribution >= 0.6 is 0 Å². The van der Waals surface area contributed by atoms with Gasteiger partial charge in [-0.1, -0.05) is 37.3 Å². The van der Waals surface area contributed by atoms with Gasteiger partial charge in [0.15, 0.2) is 0 Å². The first kappa shape index (κ1) is 16.3. The molecule has 3 nitrogen and oxygen atoms in total. The summed E-state index contributed by atoms with van der Waals surface area (Å²) in [5, 5.41) is 0. The van der Waals surface area contributed by atoms with E-state index in [0.717, 1.165) is 35.5 Å². The Morgan fingerprint density at radius 3 is 2.50 bits per heavy atom. The first-order chi connectivity index (χ1) is 11.7. The van der Waals surface area contributed by atoms with Crippen LogP contribution in [0.2, 0.25) is 0 Å². The summed E-state index contributed by atoms with van der Waals surface area (Å²) >= 11 is 0. The van der Waals surface area contributed by atoms with Crippen molar-refractivity contribution >= 4 is 0 Å². The summed E-state index contributed by atoms with van der Waals surface area (Å²) < 4.78 is 11.2. The van der Waals surface area contributed by atoms with E-state index in [1.807, 2.05) is 37.3 Å². The number of aryl methyl sites for hydroxylation is 3. The van der Waals surface area contributed by atoms with E-state index in [1.165, 1.54) is 5.56 Å². The number of hydrogen-bond donors (Lipinski definition) is 0. The zero-order valence-corrected chi connectivity index (χ0v) is 14.1. The average Bonchev–Trinajstić information content (AvgIpc) is 3.11. The van der Waals surface area contributed by atoms with Gasteiger partial charge in [-0.2, -0.15) is 0 Å². The van der Waals surface area contributed by atoms with Gasteiger partial charge in [0.05, 0.1) is 6.26 Å². The van der Waals surface area contributed by atoms with Crippen LogP contribution in [0.1, 0.15) is 47.5 Å². The Morgan fingerprint density at radius 2 is 1.83 bits per heavy atom. The Balaban J connectivity index is 1.97. The Morgan fingerprint density at radius 1 is 1.04 bits per heavy atom. The van der Waals surface area contributed by atoms with Gasteiger partial charge in [0.1, 0.15) is 11.5 Å². The summed E-state index contributed by atoms with van der Waals surface area (Å²) in [5.41, 5.74) is 3.01. The van der Waals surface area contributed by atoms with E-state index in [0.29, 0.717) is 6.42 Å². The zero-order chi connectivity index (χ0) is 16.9. The highest BCUT2D eigenvalue weighted by Crippen LogP contribution is 2.33. The molecule has 0 radical (unpaired) electrons. The second-order valence-corrected chi connectivity index (χ2v) is 6.05. The standard InChI is InChI=1S/C21H22O3/c1-3-17(18-10-7-13-23-18)21-15(2)14-20(22)24-19(21)12-11-16-8-5-4-6-9-16/h4-10,13-14,17H,3,11-12H2,1-2H3. The number of furan rings is 1. The van der Waals surface area contributed by atoms with Crippen LogP contribution in [0.3, 0.4) is 0 Å². The van der Waals surface area contributed by atoms with Crippen molar-refractivity contribution in [2.75, 3.05) is 0 Å².